The van der Waals surface area contributed by atoms with Crippen LogP contribution in [-0.4, -0.2) is 72.6 Å². The molecule has 1 aliphatic heterocycles. The van der Waals surface area contributed by atoms with Crippen LogP contribution < -0.4 is 0 Å². The van der Waals surface area contributed by atoms with Gasteiger partial charge in [-0.15, -0.1) is 0 Å². The zero-order chi connectivity index (χ0) is 59.1. The van der Waals surface area contributed by atoms with Crippen molar-refractivity contribution in [3.63, 3.8) is 0 Å². The number of carboxylic acid groups (broad SMARTS) is 1. The minimum absolute atomic E-state index is 0.0323. The van der Waals surface area contributed by atoms with Gasteiger partial charge in [-0.3, -0.25) is 14.4 Å². The lowest BCUT2D eigenvalue weighted by atomic mass is 9.43. The highest BCUT2D eigenvalue weighted by atomic mass is 16.7. The molecule has 11 heteroatoms. The summed E-state index contributed by atoms with van der Waals surface area (Å²) < 4.78 is 30.8. The second kappa shape index (κ2) is 25.3. The molecule has 8 saturated carbocycles. The number of hydrogen-bond donors (Lipinski definition) is 1. The lowest BCUT2D eigenvalue weighted by molar-refractivity contribution is -0.242. The van der Waals surface area contributed by atoms with E-state index in [0.29, 0.717) is 121 Å². The van der Waals surface area contributed by atoms with Crippen LogP contribution in [0.2, 0.25) is 0 Å². The molecule has 9 aliphatic rings. The van der Waals surface area contributed by atoms with Gasteiger partial charge in [0.05, 0.1) is 42.8 Å². The summed E-state index contributed by atoms with van der Waals surface area (Å²) >= 11 is 0. The number of hydrogen-bond acceptors (Lipinski definition) is 10. The van der Waals surface area contributed by atoms with Gasteiger partial charge in [0.25, 0.3) is 0 Å². The highest BCUT2D eigenvalue weighted by molar-refractivity contribution is 5.90. The summed E-state index contributed by atoms with van der Waals surface area (Å²) in [6.07, 6.45) is 22.4. The van der Waals surface area contributed by atoms with E-state index in [2.05, 4.69) is 41.5 Å². The number of benzene rings is 2. The Balaban J connectivity index is 0.000000187. The molecule has 1 saturated heterocycles. The van der Waals surface area contributed by atoms with E-state index in [-0.39, 0.29) is 63.6 Å². The summed E-state index contributed by atoms with van der Waals surface area (Å²) in [6.45, 7) is 22.4. The van der Waals surface area contributed by atoms with Crippen LogP contribution >= 0.6 is 0 Å². The molecule has 1 N–H and O–H groups in total. The van der Waals surface area contributed by atoms with E-state index in [0.717, 1.165) is 83.5 Å². The minimum atomic E-state index is -0.696. The second-order valence-corrected chi connectivity index (χ2v) is 29.8. The Morgan fingerprint density at radius 3 is 1.54 bits per heavy atom. The Morgan fingerprint density at radius 1 is 0.578 bits per heavy atom. The number of esters is 3. The lowest BCUT2D eigenvalue weighted by Crippen LogP contribution is -2.60. The van der Waals surface area contributed by atoms with Gasteiger partial charge >= 0.3 is 23.9 Å². The summed E-state index contributed by atoms with van der Waals surface area (Å²) in [5.41, 5.74) is 2.08. The first-order valence-corrected chi connectivity index (χ1v) is 33.4. The van der Waals surface area contributed by atoms with E-state index in [1.54, 1.807) is 0 Å². The van der Waals surface area contributed by atoms with Gasteiger partial charge in [0.1, 0.15) is 18.0 Å². The number of rotatable bonds is 17. The number of aliphatic carboxylic acids is 1. The molecule has 8 aliphatic carbocycles. The van der Waals surface area contributed by atoms with Crippen molar-refractivity contribution < 1.29 is 52.8 Å². The molecule has 0 amide bonds. The summed E-state index contributed by atoms with van der Waals surface area (Å²) in [4.78, 5) is 62.9. The predicted molar refractivity (Wildman–Crippen MR) is 321 cm³/mol. The topological polar surface area (TPSA) is 152 Å². The fourth-order valence-corrected chi connectivity index (χ4v) is 21.1. The molecule has 0 bridgehead atoms. The van der Waals surface area contributed by atoms with Crippen molar-refractivity contribution in [2.24, 2.45) is 105 Å². The van der Waals surface area contributed by atoms with Crippen molar-refractivity contribution in [3.8, 4) is 0 Å². The first kappa shape index (κ1) is 62.0. The SMILES string of the molecule is CC(CCC[C@@H](C)[C@H]1CCC2C3C(CC[C@@]21C)[C@@]1(C)CCC(=O)C[C@@H]1C[C@H]3OC(=O)c1ccccc1)C(=O)O.CCOC(=O)C(C)CCC[C@@H](C)[C@H]1CCC2C3C(CC[C@@]21C)[C@@]1(C)CCC2(C[C@@H]1C[C@H]3OC(=O)c1ccccc1)OCCO2. The number of Topliss-reactive ketones (excluding diaryl/α,β-unsaturated/α-hetero) is 1. The molecule has 1 heterocycles. The normalized spacial score (nSPS) is 38.9. The Morgan fingerprint density at radius 2 is 1.05 bits per heavy atom. The molecule has 0 radical (unpaired) electrons. The van der Waals surface area contributed by atoms with Gasteiger partial charge in [0.15, 0.2) is 5.79 Å². The van der Waals surface area contributed by atoms with Gasteiger partial charge in [0.2, 0.25) is 0 Å². The van der Waals surface area contributed by atoms with Gasteiger partial charge in [-0.05, 0) is 202 Å². The fourth-order valence-electron chi connectivity index (χ4n) is 21.1. The average molecular weight is 1150 g/mol. The molecule has 20 atom stereocenters. The van der Waals surface area contributed by atoms with Crippen LogP contribution in [0.1, 0.15) is 224 Å². The first-order chi connectivity index (χ1) is 39.6. The van der Waals surface area contributed by atoms with Gasteiger partial charge in [-0.2, -0.15) is 0 Å². The highest BCUT2D eigenvalue weighted by Gasteiger charge is 2.67. The zero-order valence-corrected chi connectivity index (χ0v) is 52.2. The van der Waals surface area contributed by atoms with Gasteiger partial charge in [-0.25, -0.2) is 9.59 Å². The van der Waals surface area contributed by atoms with E-state index in [9.17, 15) is 29.1 Å². The van der Waals surface area contributed by atoms with E-state index >= 15 is 0 Å². The molecule has 11 rings (SSSR count). The van der Waals surface area contributed by atoms with Crippen LogP contribution in [0.15, 0.2) is 60.7 Å². The van der Waals surface area contributed by atoms with Crippen LogP contribution in [0, 0.1) is 105 Å². The molecule has 0 aromatic heterocycles. The van der Waals surface area contributed by atoms with Crippen molar-refractivity contribution in [3.05, 3.63) is 71.8 Å². The molecule has 11 nitrogen and oxygen atoms in total. The molecule has 1 spiro atoms. The number of ketones is 1. The first-order valence-electron chi connectivity index (χ1n) is 33.4. The van der Waals surface area contributed by atoms with Crippen LogP contribution in [0.3, 0.4) is 0 Å². The van der Waals surface area contributed by atoms with E-state index in [1.807, 2.05) is 81.4 Å². The van der Waals surface area contributed by atoms with Gasteiger partial charge in [0, 0.05) is 37.5 Å². The van der Waals surface area contributed by atoms with Crippen LogP contribution in [0.25, 0.3) is 0 Å². The maximum atomic E-state index is 13.6. The van der Waals surface area contributed by atoms with Gasteiger partial charge < -0.3 is 28.8 Å². The standard InChI is InChI=1S/C38H56O6.C34H48O5/c1-6-41-34(39)26(3)12-10-11-25(2)29-15-16-30-33-31(17-18-37(29,30)5)36(4)19-20-38(42-21-22-43-38)24-28(36)23-32(33)44-35(40)27-13-8-7-9-14-27;1-21(9-8-10-22(2)31(36)37)26-13-14-27-30-28(16-18-34(26,27)4)33(3)17-15-25(35)19-24(33)20-29(30)39-32(38)23-11-6-5-7-12-23/h7-9,13-14,25-26,28-33H,6,10-12,15-24H2,1-5H3;5-7,11-12,21-22,24,26-30H,8-10,13-20H2,1-4H3,(H,36,37)/t25-,26?,28+,29-,30?,31?,32-,33?,36+,37-;21-,22?,24-,26-,27?,28?,29-,30?,33+,34-/m11/s1. The molecule has 458 valence electrons. The molecular weight excluding hydrogens is 1040 g/mol. The maximum absolute atomic E-state index is 13.6. The number of fused-ring (bicyclic) bond motifs is 10. The lowest BCUT2D eigenvalue weighted by Gasteiger charge is -2.63. The van der Waals surface area contributed by atoms with Crippen LogP contribution in [0.4, 0.5) is 0 Å². The monoisotopic (exact) mass is 1140 g/mol. The molecule has 2 aromatic rings. The zero-order valence-electron chi connectivity index (χ0n) is 52.2. The van der Waals surface area contributed by atoms with Crippen molar-refractivity contribution in [2.45, 2.75) is 222 Å². The minimum Gasteiger partial charge on any atom is -0.481 e. The fraction of sp³-hybridized carbons (Fsp3) is 0.764. The quantitative estimate of drug-likeness (QED) is 0.119. The van der Waals surface area contributed by atoms with Gasteiger partial charge in [-0.1, -0.05) is 117 Å². The molecule has 8 unspecified atom stereocenters. The van der Waals surface area contributed by atoms with Crippen molar-refractivity contribution in [1.82, 2.24) is 0 Å². The van der Waals surface area contributed by atoms with E-state index in [1.165, 1.54) is 44.9 Å². The Bertz CT molecular complexity index is 2580. The van der Waals surface area contributed by atoms with Crippen LogP contribution in [0.5, 0.6) is 0 Å². The highest BCUT2D eigenvalue weighted by Crippen LogP contribution is 2.71. The Labute approximate surface area is 498 Å². The number of carbonyl (C=O) groups is 5. The van der Waals surface area contributed by atoms with Crippen molar-refractivity contribution >= 4 is 29.7 Å². The maximum Gasteiger partial charge on any atom is 0.338 e. The van der Waals surface area contributed by atoms with Crippen LogP contribution in [-0.2, 0) is 38.1 Å². The number of carbonyl (C=O) groups excluding carboxylic acids is 4. The Hall–Kier alpha value is -4.09. The summed E-state index contributed by atoms with van der Waals surface area (Å²) in [7, 11) is 0. The third-order valence-corrected chi connectivity index (χ3v) is 25.7. The van der Waals surface area contributed by atoms with Crippen molar-refractivity contribution in [1.29, 1.82) is 0 Å². The van der Waals surface area contributed by atoms with Crippen molar-refractivity contribution in [2.75, 3.05) is 19.8 Å². The number of carboxylic acids is 1. The smallest absolute Gasteiger partial charge is 0.338 e. The molecule has 2 aromatic carbocycles. The second-order valence-electron chi connectivity index (χ2n) is 29.8. The molecule has 83 heavy (non-hydrogen) atoms. The van der Waals surface area contributed by atoms with E-state index < -0.39 is 11.8 Å². The average Bonchev–Trinajstić information content (AvgIpc) is 1.91. The predicted octanol–water partition coefficient (Wildman–Crippen LogP) is 15.8. The summed E-state index contributed by atoms with van der Waals surface area (Å²) in [6, 6.07) is 18.9. The largest absolute Gasteiger partial charge is 0.481 e. The third-order valence-electron chi connectivity index (χ3n) is 25.7. The molecule has 9 fully saturated rings. The number of ether oxygens (including phenoxy) is 5. The molecular formula is C72H104O11. The Kier molecular flexibility index (Phi) is 18.9. The third kappa shape index (κ3) is 12.2. The summed E-state index contributed by atoms with van der Waals surface area (Å²) in [5, 5.41) is 9.29. The van der Waals surface area contributed by atoms with E-state index in [4.69, 9.17) is 23.7 Å². The summed E-state index contributed by atoms with van der Waals surface area (Å²) in [5.74, 6) is 4.48.